The van der Waals surface area contributed by atoms with Gasteiger partial charge in [0, 0.05) is 18.4 Å². The van der Waals surface area contributed by atoms with E-state index in [1.54, 1.807) is 13.0 Å². The highest BCUT2D eigenvalue weighted by atomic mass is 19.1. The Balaban J connectivity index is 2.03. The summed E-state index contributed by atoms with van der Waals surface area (Å²) in [7, 11) is 0. The Morgan fingerprint density at radius 2 is 2.34 bits per heavy atom. The normalized spacial score (nSPS) is 17.6. The number of nitrogens with zero attached hydrogens (tertiary/aromatic N) is 2. The molecule has 2 atom stereocenters. The summed E-state index contributed by atoms with van der Waals surface area (Å²) in [5.74, 6) is -1.19. The summed E-state index contributed by atoms with van der Waals surface area (Å²) >= 11 is 0. The third kappa shape index (κ3) is 4.65. The van der Waals surface area contributed by atoms with Gasteiger partial charge in [-0.3, -0.25) is 0 Å². The lowest BCUT2D eigenvalue weighted by Crippen LogP contribution is -2.19. The van der Waals surface area contributed by atoms with Crippen molar-refractivity contribution in [2.45, 2.75) is 38.5 Å². The number of aromatic nitrogens is 2. The van der Waals surface area contributed by atoms with E-state index in [0.717, 1.165) is 19.3 Å². The van der Waals surface area contributed by atoms with Crippen LogP contribution in [0.4, 0.5) is 4.39 Å². The lowest BCUT2D eigenvalue weighted by molar-refractivity contribution is -0.0398. The summed E-state index contributed by atoms with van der Waals surface area (Å²) in [5.41, 5.74) is -0.0263. The molecule has 2 aromatic rings. The molecule has 2 heterocycles. The van der Waals surface area contributed by atoms with E-state index >= 15 is 0 Å². The first kappa shape index (κ1) is 21.0. The van der Waals surface area contributed by atoms with Crippen LogP contribution in [0.5, 0.6) is 5.75 Å². The highest BCUT2D eigenvalue weighted by molar-refractivity contribution is 5.89. The Morgan fingerprint density at radius 1 is 1.52 bits per heavy atom. The zero-order chi connectivity index (χ0) is 20.8. The van der Waals surface area contributed by atoms with Crippen LogP contribution in [0, 0.1) is 5.82 Å². The molecule has 1 saturated heterocycles. The highest BCUT2D eigenvalue weighted by Crippen LogP contribution is 2.35. The number of aliphatic hydroxyl groups excluding tert-OH is 1. The third-order valence-electron chi connectivity index (χ3n) is 4.62. The predicted octanol–water partition coefficient (Wildman–Crippen LogP) is 3.54. The molecular formula is C21H25FN2O5. The van der Waals surface area contributed by atoms with Crippen molar-refractivity contribution >= 4 is 5.97 Å². The fraction of sp³-hybridized carbons (Fsp3) is 0.429. The molecule has 156 valence electrons. The smallest absolute Gasteiger partial charge is 0.359 e. The molecule has 1 N–H and O–H groups in total. The van der Waals surface area contributed by atoms with Crippen LogP contribution < -0.4 is 4.74 Å². The molecule has 0 aliphatic carbocycles. The quantitative estimate of drug-likeness (QED) is 0.535. The molecule has 29 heavy (non-hydrogen) atoms. The molecule has 0 spiro atoms. The lowest BCUT2D eigenvalue weighted by atomic mass is 10.0. The Bertz CT molecular complexity index is 861. The van der Waals surface area contributed by atoms with Gasteiger partial charge in [-0.15, -0.1) is 0 Å². The summed E-state index contributed by atoms with van der Waals surface area (Å²) in [6.45, 7) is 6.12. The van der Waals surface area contributed by atoms with Crippen molar-refractivity contribution in [2.24, 2.45) is 0 Å². The molecule has 0 saturated carbocycles. The van der Waals surface area contributed by atoms with Crippen LogP contribution in [0.2, 0.25) is 0 Å². The van der Waals surface area contributed by atoms with E-state index in [0.29, 0.717) is 6.61 Å². The zero-order valence-corrected chi connectivity index (χ0v) is 16.3. The van der Waals surface area contributed by atoms with E-state index in [9.17, 15) is 14.3 Å². The first-order chi connectivity index (χ1) is 14.1. The summed E-state index contributed by atoms with van der Waals surface area (Å²) in [5, 5.41) is 15.3. The molecule has 1 fully saturated rings. The van der Waals surface area contributed by atoms with Gasteiger partial charge in [0.2, 0.25) is 0 Å². The van der Waals surface area contributed by atoms with Crippen LogP contribution in [0.1, 0.15) is 60.1 Å². The average molecular weight is 404 g/mol. The summed E-state index contributed by atoms with van der Waals surface area (Å²) < 4.78 is 32.4. The van der Waals surface area contributed by atoms with Gasteiger partial charge in [-0.05, 0) is 38.3 Å². The summed E-state index contributed by atoms with van der Waals surface area (Å²) in [6.07, 6.45) is 3.84. The number of carbonyl (C=O) groups is 1. The molecule has 8 heteroatoms. The molecule has 7 nitrogen and oxygen atoms in total. The number of hydrogen-bond donors (Lipinski definition) is 1. The van der Waals surface area contributed by atoms with Crippen LogP contribution in [-0.2, 0) is 9.47 Å². The molecule has 0 bridgehead atoms. The number of esters is 1. The maximum absolute atomic E-state index is 14.6. The first-order valence-electron chi connectivity index (χ1n) is 9.64. The van der Waals surface area contributed by atoms with Gasteiger partial charge in [0.05, 0.1) is 12.2 Å². The molecule has 1 aromatic carbocycles. The second-order valence-corrected chi connectivity index (χ2v) is 6.61. The average Bonchev–Trinajstić information content (AvgIpc) is 3.18. The summed E-state index contributed by atoms with van der Waals surface area (Å²) in [4.78, 5) is 12.5. The number of benzene rings is 1. The number of rotatable bonds is 8. The van der Waals surface area contributed by atoms with Crippen molar-refractivity contribution < 1.29 is 28.5 Å². The van der Waals surface area contributed by atoms with Crippen LogP contribution in [0.3, 0.4) is 0 Å². The molecular weight excluding hydrogens is 379 g/mol. The standard InChI is InChI=1S/C21H25FN2O5/c1-3-11-28-16-9-7-8-15(22)18(16)20(25)14-13-24(17-10-5-6-12-29-17)23-19(14)21(26)27-4-2/h3,7-9,13,17,20,25H,1,4-6,10-12H2,2H3. The summed E-state index contributed by atoms with van der Waals surface area (Å²) in [6, 6.07) is 4.25. The van der Waals surface area contributed by atoms with Gasteiger partial charge >= 0.3 is 5.97 Å². The first-order valence-corrected chi connectivity index (χ1v) is 9.64. The van der Waals surface area contributed by atoms with E-state index in [1.165, 1.54) is 29.1 Å². The van der Waals surface area contributed by atoms with E-state index in [1.807, 2.05) is 0 Å². The van der Waals surface area contributed by atoms with Crippen molar-refractivity contribution in [1.82, 2.24) is 9.78 Å². The maximum atomic E-state index is 14.6. The van der Waals surface area contributed by atoms with Crippen LogP contribution in [0.15, 0.2) is 37.1 Å². The minimum atomic E-state index is -1.48. The minimum Gasteiger partial charge on any atom is -0.489 e. The van der Waals surface area contributed by atoms with Crippen LogP contribution in [0.25, 0.3) is 0 Å². The largest absolute Gasteiger partial charge is 0.489 e. The van der Waals surface area contributed by atoms with Gasteiger partial charge in [0.15, 0.2) is 5.69 Å². The molecule has 1 aliphatic heterocycles. The molecule has 0 radical (unpaired) electrons. The molecule has 1 aromatic heterocycles. The molecule has 1 aliphatic rings. The Morgan fingerprint density at radius 3 is 3.03 bits per heavy atom. The Labute approximate surface area is 168 Å². The monoisotopic (exact) mass is 404 g/mol. The number of hydrogen-bond acceptors (Lipinski definition) is 6. The van der Waals surface area contributed by atoms with Gasteiger partial charge in [-0.1, -0.05) is 18.7 Å². The highest BCUT2D eigenvalue weighted by Gasteiger charge is 2.30. The number of ether oxygens (including phenoxy) is 3. The maximum Gasteiger partial charge on any atom is 0.359 e. The minimum absolute atomic E-state index is 0.0774. The van der Waals surface area contributed by atoms with Gasteiger partial charge < -0.3 is 19.3 Å². The number of carbonyl (C=O) groups excluding carboxylic acids is 1. The van der Waals surface area contributed by atoms with Gasteiger partial charge in [-0.25, -0.2) is 13.9 Å². The zero-order valence-electron chi connectivity index (χ0n) is 16.3. The second kappa shape index (κ2) is 9.67. The van der Waals surface area contributed by atoms with Crippen molar-refractivity contribution in [3.8, 4) is 5.75 Å². The lowest BCUT2D eigenvalue weighted by Gasteiger charge is -2.22. The van der Waals surface area contributed by atoms with Crippen molar-refractivity contribution in [1.29, 1.82) is 0 Å². The second-order valence-electron chi connectivity index (χ2n) is 6.61. The van der Waals surface area contributed by atoms with Crippen molar-refractivity contribution in [2.75, 3.05) is 19.8 Å². The fourth-order valence-corrected chi connectivity index (χ4v) is 3.26. The molecule has 3 rings (SSSR count). The van der Waals surface area contributed by atoms with Crippen molar-refractivity contribution in [3.05, 3.63) is 59.7 Å². The van der Waals surface area contributed by atoms with E-state index < -0.39 is 17.9 Å². The predicted molar refractivity (Wildman–Crippen MR) is 103 cm³/mol. The molecule has 2 unspecified atom stereocenters. The van der Waals surface area contributed by atoms with Crippen LogP contribution >= 0.6 is 0 Å². The number of halogens is 1. The Kier molecular flexibility index (Phi) is 7.00. The van der Waals surface area contributed by atoms with E-state index in [2.05, 4.69) is 11.7 Å². The van der Waals surface area contributed by atoms with E-state index in [4.69, 9.17) is 14.2 Å². The van der Waals surface area contributed by atoms with Gasteiger partial charge in [0.1, 0.15) is 30.5 Å². The number of aliphatic hydroxyl groups is 1. The molecule has 0 amide bonds. The van der Waals surface area contributed by atoms with E-state index in [-0.39, 0.29) is 42.0 Å². The van der Waals surface area contributed by atoms with Crippen molar-refractivity contribution in [3.63, 3.8) is 0 Å². The fourth-order valence-electron chi connectivity index (χ4n) is 3.26. The van der Waals surface area contributed by atoms with Gasteiger partial charge in [0.25, 0.3) is 0 Å². The Hall–Kier alpha value is -2.71. The third-order valence-corrected chi connectivity index (χ3v) is 4.62. The topological polar surface area (TPSA) is 82.8 Å². The van der Waals surface area contributed by atoms with Gasteiger partial charge in [-0.2, -0.15) is 5.10 Å². The SMILES string of the molecule is C=CCOc1cccc(F)c1C(O)c1cn(C2CCCCO2)nc1C(=O)OCC. The van der Waals surface area contributed by atoms with Crippen LogP contribution in [-0.4, -0.2) is 40.7 Å².